The summed E-state index contributed by atoms with van der Waals surface area (Å²) in [7, 11) is -3.06. The fraction of sp³-hybridized carbons (Fsp3) is 0.364. The van der Waals surface area contributed by atoms with Crippen LogP contribution >= 0.6 is 31.9 Å². The molecule has 0 amide bonds. The number of halogens is 5. The quantitative estimate of drug-likeness (QED) is 0.362. The van der Waals surface area contributed by atoms with Crippen molar-refractivity contribution in [3.63, 3.8) is 0 Å². The predicted octanol–water partition coefficient (Wildman–Crippen LogP) is 6.76. The molecular weight excluding hydrogens is 525 g/mol. The number of hydrogen-bond acceptors (Lipinski definition) is 1. The lowest BCUT2D eigenvalue weighted by Crippen LogP contribution is -2.68. The average Bonchev–Trinajstić information content (AvgIpc) is 2.63. The Labute approximate surface area is 188 Å². The molecule has 2 atom stereocenters. The largest absolute Gasteiger partial charge is 0.404 e. The van der Waals surface area contributed by atoms with Gasteiger partial charge in [-0.1, -0.05) is 81.4 Å². The van der Waals surface area contributed by atoms with Gasteiger partial charge >= 0.3 is 6.18 Å². The van der Waals surface area contributed by atoms with E-state index in [-0.39, 0.29) is 3.39 Å². The van der Waals surface area contributed by atoms with Gasteiger partial charge in [0, 0.05) is 0 Å². The second-order valence-corrected chi connectivity index (χ2v) is 15.0. The molecule has 2 aromatic carbocycles. The van der Waals surface area contributed by atoms with Gasteiger partial charge in [-0.25, -0.2) is 0 Å². The second-order valence-electron chi connectivity index (χ2n) is 8.01. The highest BCUT2D eigenvalue weighted by molar-refractivity contribution is 9.28. The summed E-state index contributed by atoms with van der Waals surface area (Å²) in [4.78, 5) is 0. The summed E-state index contributed by atoms with van der Waals surface area (Å²) in [6, 6.07) is 19.3. The van der Waals surface area contributed by atoms with Crippen molar-refractivity contribution in [2.24, 2.45) is 5.92 Å². The van der Waals surface area contributed by atoms with Crippen LogP contribution in [-0.4, -0.2) is 20.6 Å². The van der Waals surface area contributed by atoms with Crippen molar-refractivity contribution < 1.29 is 17.6 Å². The maximum Gasteiger partial charge on any atom is 0.397 e. The molecule has 0 N–H and O–H groups in total. The van der Waals surface area contributed by atoms with E-state index in [1.54, 1.807) is 0 Å². The van der Waals surface area contributed by atoms with E-state index in [1.807, 2.05) is 81.4 Å². The van der Waals surface area contributed by atoms with Crippen LogP contribution in [0.2, 0.25) is 5.04 Å². The summed E-state index contributed by atoms with van der Waals surface area (Å²) in [5.41, 5.74) is 0. The SMILES string of the molecule is CC(O[Si](c1ccccc1)(c1ccccc1)C(C)(C)C)C(C=C(Br)Br)C(F)(F)F. The first-order valence-corrected chi connectivity index (χ1v) is 12.8. The highest BCUT2D eigenvalue weighted by Crippen LogP contribution is 2.41. The van der Waals surface area contributed by atoms with Crippen LogP contribution in [0, 0.1) is 5.92 Å². The lowest BCUT2D eigenvalue weighted by Gasteiger charge is -2.45. The highest BCUT2D eigenvalue weighted by atomic mass is 79.9. The minimum Gasteiger partial charge on any atom is -0.404 e. The Balaban J connectivity index is 2.69. The van der Waals surface area contributed by atoms with E-state index in [0.29, 0.717) is 0 Å². The fourth-order valence-corrected chi connectivity index (χ4v) is 8.96. The molecule has 0 aliphatic heterocycles. The third-order valence-corrected chi connectivity index (χ3v) is 10.6. The van der Waals surface area contributed by atoms with E-state index < -0.39 is 31.6 Å². The Hall–Kier alpha value is -0.893. The van der Waals surface area contributed by atoms with E-state index >= 15 is 0 Å². The second kappa shape index (κ2) is 9.50. The van der Waals surface area contributed by atoms with Gasteiger partial charge < -0.3 is 4.43 Å². The molecule has 158 valence electrons. The van der Waals surface area contributed by atoms with Crippen LogP contribution in [0.4, 0.5) is 13.2 Å². The Kier molecular flexibility index (Phi) is 7.98. The molecule has 2 aromatic rings. The van der Waals surface area contributed by atoms with Crippen LogP contribution in [0.15, 0.2) is 70.1 Å². The van der Waals surface area contributed by atoms with Gasteiger partial charge in [-0.3, -0.25) is 0 Å². The first-order chi connectivity index (χ1) is 13.4. The Morgan fingerprint density at radius 1 is 0.897 bits per heavy atom. The van der Waals surface area contributed by atoms with Gasteiger partial charge in [0.25, 0.3) is 8.32 Å². The first-order valence-electron chi connectivity index (χ1n) is 9.28. The molecule has 0 aliphatic carbocycles. The highest BCUT2D eigenvalue weighted by Gasteiger charge is 2.53. The van der Waals surface area contributed by atoms with Crippen LogP contribution in [0.25, 0.3) is 0 Å². The monoisotopic (exact) mass is 548 g/mol. The molecule has 0 aromatic heterocycles. The number of rotatable bonds is 6. The van der Waals surface area contributed by atoms with Gasteiger partial charge in [0.15, 0.2) is 0 Å². The van der Waals surface area contributed by atoms with E-state index in [4.69, 9.17) is 4.43 Å². The Morgan fingerprint density at radius 2 is 1.31 bits per heavy atom. The summed E-state index contributed by atoms with van der Waals surface area (Å²) in [6.07, 6.45) is -4.40. The minimum atomic E-state index is -4.43. The number of hydrogen-bond donors (Lipinski definition) is 0. The molecule has 0 radical (unpaired) electrons. The van der Waals surface area contributed by atoms with Crippen LogP contribution in [0.3, 0.4) is 0 Å². The van der Waals surface area contributed by atoms with Crippen molar-refractivity contribution in [2.75, 3.05) is 0 Å². The molecule has 0 saturated carbocycles. The van der Waals surface area contributed by atoms with E-state index in [2.05, 4.69) is 31.9 Å². The number of alkyl halides is 3. The van der Waals surface area contributed by atoms with E-state index in [1.165, 1.54) is 6.92 Å². The molecule has 0 spiro atoms. The van der Waals surface area contributed by atoms with Crippen molar-refractivity contribution in [2.45, 2.75) is 45.0 Å². The molecule has 0 fully saturated rings. The summed E-state index contributed by atoms with van der Waals surface area (Å²) < 4.78 is 48.4. The van der Waals surface area contributed by atoms with Crippen molar-refractivity contribution in [3.05, 3.63) is 70.1 Å². The van der Waals surface area contributed by atoms with Crippen molar-refractivity contribution in [1.29, 1.82) is 0 Å². The van der Waals surface area contributed by atoms with Crippen molar-refractivity contribution in [1.82, 2.24) is 0 Å². The van der Waals surface area contributed by atoms with Gasteiger partial charge in [0.1, 0.15) is 0 Å². The third kappa shape index (κ3) is 5.63. The molecule has 0 aliphatic rings. The Morgan fingerprint density at radius 3 is 1.62 bits per heavy atom. The molecule has 0 heterocycles. The molecule has 2 unspecified atom stereocenters. The minimum absolute atomic E-state index is 0.255. The topological polar surface area (TPSA) is 9.23 Å². The summed E-state index contributed by atoms with van der Waals surface area (Å²) in [5.74, 6) is -1.75. The summed E-state index contributed by atoms with van der Waals surface area (Å²) >= 11 is 6.16. The molecule has 0 bridgehead atoms. The van der Waals surface area contributed by atoms with Crippen molar-refractivity contribution in [3.8, 4) is 0 Å². The van der Waals surface area contributed by atoms with Gasteiger partial charge in [0.05, 0.1) is 15.4 Å². The average molecular weight is 550 g/mol. The Bertz CT molecular complexity index is 774. The summed E-state index contributed by atoms with van der Waals surface area (Å²) in [6.45, 7) is 7.65. The summed E-state index contributed by atoms with van der Waals surface area (Å²) in [5, 5.41) is 1.51. The van der Waals surface area contributed by atoms with Crippen LogP contribution in [0.5, 0.6) is 0 Å². The maximum absolute atomic E-state index is 13.9. The predicted molar refractivity (Wildman–Crippen MR) is 124 cm³/mol. The zero-order valence-corrected chi connectivity index (χ0v) is 21.0. The molecule has 2 rings (SSSR count). The smallest absolute Gasteiger partial charge is 0.397 e. The third-order valence-electron chi connectivity index (χ3n) is 4.97. The zero-order valence-electron chi connectivity index (χ0n) is 16.8. The molecule has 29 heavy (non-hydrogen) atoms. The number of benzene rings is 2. The maximum atomic E-state index is 13.9. The molecule has 0 saturated heterocycles. The van der Waals surface area contributed by atoms with Crippen LogP contribution < -0.4 is 10.4 Å². The van der Waals surface area contributed by atoms with Crippen LogP contribution in [0.1, 0.15) is 27.7 Å². The van der Waals surface area contributed by atoms with E-state index in [0.717, 1.165) is 16.4 Å². The van der Waals surface area contributed by atoms with E-state index in [9.17, 15) is 13.2 Å². The molecule has 7 heteroatoms. The zero-order chi connectivity index (χ0) is 21.9. The van der Waals surface area contributed by atoms with Gasteiger partial charge in [-0.2, -0.15) is 13.2 Å². The van der Waals surface area contributed by atoms with Crippen LogP contribution in [-0.2, 0) is 4.43 Å². The lowest BCUT2D eigenvalue weighted by atomic mass is 10.0. The standard InChI is InChI=1S/C22H25Br2F3OSi/c1-16(19(15-20(23)24)22(25,26)27)28-29(21(2,3)4,17-11-7-5-8-12-17)18-13-9-6-10-14-18/h5-16,19H,1-4H3. The van der Waals surface area contributed by atoms with Gasteiger partial charge in [-0.05, 0) is 60.3 Å². The van der Waals surface area contributed by atoms with Gasteiger partial charge in [0.2, 0.25) is 0 Å². The molecular formula is C22H25Br2F3OSi. The van der Waals surface area contributed by atoms with Gasteiger partial charge in [-0.15, -0.1) is 0 Å². The molecule has 1 nitrogen and oxygen atoms in total. The normalized spacial score (nSPS) is 14.9. The fourth-order valence-electron chi connectivity index (χ4n) is 3.68. The van der Waals surface area contributed by atoms with Crippen molar-refractivity contribution >= 4 is 50.6 Å². The first kappa shape index (κ1) is 24.4. The lowest BCUT2D eigenvalue weighted by molar-refractivity contribution is -0.180.